The van der Waals surface area contributed by atoms with Gasteiger partial charge in [-0.05, 0) is 23.3 Å². The van der Waals surface area contributed by atoms with Gasteiger partial charge in [-0.2, -0.15) is 0 Å². The van der Waals surface area contributed by atoms with E-state index in [1.807, 2.05) is 48.5 Å². The molecule has 1 aliphatic rings. The molecule has 0 amide bonds. The zero-order chi connectivity index (χ0) is 14.2. The molecule has 0 saturated carbocycles. The molecule has 5 heteroatoms. The van der Waals surface area contributed by atoms with Crippen molar-refractivity contribution in [3.63, 3.8) is 0 Å². The van der Waals surface area contributed by atoms with Crippen molar-refractivity contribution in [2.24, 2.45) is 0 Å². The lowest BCUT2D eigenvalue weighted by Crippen LogP contribution is -2.14. The van der Waals surface area contributed by atoms with E-state index in [-0.39, 0.29) is 0 Å². The molecule has 0 atom stereocenters. The van der Waals surface area contributed by atoms with E-state index in [1.165, 1.54) is 14.2 Å². The lowest BCUT2D eigenvalue weighted by atomic mass is 9.97. The zero-order valence-corrected chi connectivity index (χ0v) is 12.3. The lowest BCUT2D eigenvalue weighted by Gasteiger charge is -2.32. The maximum atomic E-state index is 13.0. The van der Waals surface area contributed by atoms with Crippen molar-refractivity contribution in [3.8, 4) is 0 Å². The van der Waals surface area contributed by atoms with Gasteiger partial charge in [-0.1, -0.05) is 36.4 Å². The Hall–Kier alpha value is -1.61. The molecule has 0 unspecified atom stereocenters. The third kappa shape index (κ3) is 1.97. The molecule has 0 fully saturated rings. The van der Waals surface area contributed by atoms with Crippen LogP contribution < -0.4 is 5.32 Å². The molecule has 4 nitrogen and oxygen atoms in total. The Kier molecular flexibility index (Phi) is 3.38. The highest BCUT2D eigenvalue weighted by atomic mass is 31.2. The number of para-hydroxylation sites is 2. The fourth-order valence-corrected chi connectivity index (χ4v) is 4.34. The summed E-state index contributed by atoms with van der Waals surface area (Å²) in [6, 6.07) is 15.6. The van der Waals surface area contributed by atoms with E-state index < -0.39 is 13.3 Å². The normalized spacial score (nSPS) is 14.3. The van der Waals surface area contributed by atoms with E-state index >= 15 is 0 Å². The molecule has 0 aromatic heterocycles. The van der Waals surface area contributed by atoms with Crippen LogP contribution in [0.1, 0.15) is 16.8 Å². The molecule has 0 aliphatic carbocycles. The van der Waals surface area contributed by atoms with Crippen molar-refractivity contribution in [1.82, 2.24) is 0 Å². The molecule has 1 N–H and O–H groups in total. The predicted molar refractivity (Wildman–Crippen MR) is 79.6 cm³/mol. The summed E-state index contributed by atoms with van der Waals surface area (Å²) in [6.45, 7) is 0. The first-order chi connectivity index (χ1) is 9.69. The second-order valence-corrected chi connectivity index (χ2v) is 6.93. The summed E-state index contributed by atoms with van der Waals surface area (Å²) in [5.74, 6) is 0. The van der Waals surface area contributed by atoms with Crippen LogP contribution in [0, 0.1) is 0 Å². The highest BCUT2D eigenvalue weighted by Gasteiger charge is 2.41. The Bertz CT molecular complexity index is 633. The molecule has 20 heavy (non-hydrogen) atoms. The Labute approximate surface area is 118 Å². The monoisotopic (exact) mass is 289 g/mol. The van der Waals surface area contributed by atoms with Crippen molar-refractivity contribution in [2.75, 3.05) is 19.5 Å². The highest BCUT2D eigenvalue weighted by molar-refractivity contribution is 7.54. The molecular formula is C15H16NO3P. The van der Waals surface area contributed by atoms with Crippen LogP contribution in [0.25, 0.3) is 0 Å². The number of nitrogens with one attached hydrogen (secondary N) is 1. The molecule has 0 radical (unpaired) electrons. The molecule has 3 rings (SSSR count). The minimum Gasteiger partial charge on any atom is -0.355 e. The first-order valence-corrected chi connectivity index (χ1v) is 7.97. The standard InChI is InChI=1S/C15H16NO3P/c1-18-20(17,19-2)15-11-7-3-5-9-13(11)16-14-10-6-4-8-12(14)15/h3-10,15-16H,1-2H3. The Morgan fingerprint density at radius 3 is 1.80 bits per heavy atom. The van der Waals surface area contributed by atoms with Crippen LogP contribution in [0.3, 0.4) is 0 Å². The van der Waals surface area contributed by atoms with Gasteiger partial charge in [-0.25, -0.2) is 0 Å². The van der Waals surface area contributed by atoms with Gasteiger partial charge in [0.05, 0.1) is 0 Å². The maximum absolute atomic E-state index is 13.0. The minimum atomic E-state index is -3.26. The number of anilines is 2. The molecule has 2 aromatic carbocycles. The van der Waals surface area contributed by atoms with Gasteiger partial charge in [0.15, 0.2) is 0 Å². The van der Waals surface area contributed by atoms with Gasteiger partial charge in [0.1, 0.15) is 5.66 Å². The Balaban J connectivity index is 2.25. The number of fused-ring (bicyclic) bond motifs is 2. The van der Waals surface area contributed by atoms with E-state index in [9.17, 15) is 4.57 Å². The van der Waals surface area contributed by atoms with Crippen LogP contribution in [0.4, 0.5) is 11.4 Å². The van der Waals surface area contributed by atoms with Crippen molar-refractivity contribution >= 4 is 19.0 Å². The lowest BCUT2D eigenvalue weighted by molar-refractivity contribution is 0.269. The average Bonchev–Trinajstić information content (AvgIpc) is 2.51. The van der Waals surface area contributed by atoms with E-state index in [1.54, 1.807) is 0 Å². The van der Waals surface area contributed by atoms with E-state index in [4.69, 9.17) is 9.05 Å². The van der Waals surface area contributed by atoms with Crippen molar-refractivity contribution in [2.45, 2.75) is 5.66 Å². The predicted octanol–water partition coefficient (Wildman–Crippen LogP) is 4.32. The highest BCUT2D eigenvalue weighted by Crippen LogP contribution is 2.66. The topological polar surface area (TPSA) is 47.6 Å². The molecule has 104 valence electrons. The summed E-state index contributed by atoms with van der Waals surface area (Å²) in [5, 5.41) is 3.36. The SMILES string of the molecule is COP(=O)(OC)C1c2ccccc2Nc2ccccc21. The number of rotatable bonds is 3. The van der Waals surface area contributed by atoms with Gasteiger partial charge in [-0.3, -0.25) is 4.57 Å². The second kappa shape index (κ2) is 5.06. The fourth-order valence-electron chi connectivity index (χ4n) is 2.64. The van der Waals surface area contributed by atoms with Gasteiger partial charge in [0.2, 0.25) is 0 Å². The molecule has 0 bridgehead atoms. The van der Waals surface area contributed by atoms with Gasteiger partial charge >= 0.3 is 7.60 Å². The molecule has 0 spiro atoms. The second-order valence-electron chi connectivity index (χ2n) is 4.61. The quantitative estimate of drug-likeness (QED) is 0.855. The molecule has 0 saturated heterocycles. The first kappa shape index (κ1) is 13.4. The van der Waals surface area contributed by atoms with E-state index in [0.29, 0.717) is 0 Å². The summed E-state index contributed by atoms with van der Waals surface area (Å²) in [5.41, 5.74) is 3.32. The van der Waals surface area contributed by atoms with Gasteiger partial charge in [-0.15, -0.1) is 0 Å². The summed E-state index contributed by atoms with van der Waals surface area (Å²) >= 11 is 0. The summed E-state index contributed by atoms with van der Waals surface area (Å²) in [6.07, 6.45) is 0. The van der Waals surface area contributed by atoms with Crippen LogP contribution in [0.15, 0.2) is 48.5 Å². The Morgan fingerprint density at radius 2 is 1.35 bits per heavy atom. The van der Waals surface area contributed by atoms with Gasteiger partial charge in [0, 0.05) is 25.6 Å². The van der Waals surface area contributed by atoms with Crippen molar-refractivity contribution in [3.05, 3.63) is 59.7 Å². The number of hydrogen-bond donors (Lipinski definition) is 1. The summed E-state index contributed by atoms with van der Waals surface area (Å²) < 4.78 is 23.5. The van der Waals surface area contributed by atoms with Crippen LogP contribution in [-0.2, 0) is 13.6 Å². The largest absolute Gasteiger partial charge is 0.355 e. The molecule has 1 heterocycles. The maximum Gasteiger partial charge on any atom is 0.342 e. The van der Waals surface area contributed by atoms with Gasteiger partial charge in [0.25, 0.3) is 0 Å². The summed E-state index contributed by atoms with van der Waals surface area (Å²) in [4.78, 5) is 0. The van der Waals surface area contributed by atoms with Crippen molar-refractivity contribution in [1.29, 1.82) is 0 Å². The summed E-state index contributed by atoms with van der Waals surface area (Å²) in [7, 11) is -0.405. The van der Waals surface area contributed by atoms with Crippen LogP contribution >= 0.6 is 7.60 Å². The number of hydrogen-bond acceptors (Lipinski definition) is 4. The van der Waals surface area contributed by atoms with Crippen LogP contribution in [0.5, 0.6) is 0 Å². The van der Waals surface area contributed by atoms with Crippen LogP contribution in [-0.4, -0.2) is 14.2 Å². The molecule has 1 aliphatic heterocycles. The van der Waals surface area contributed by atoms with Crippen molar-refractivity contribution < 1.29 is 13.6 Å². The third-order valence-electron chi connectivity index (χ3n) is 3.61. The molecular weight excluding hydrogens is 273 g/mol. The zero-order valence-electron chi connectivity index (χ0n) is 11.4. The first-order valence-electron chi connectivity index (χ1n) is 6.35. The van der Waals surface area contributed by atoms with E-state index in [2.05, 4.69) is 5.32 Å². The van der Waals surface area contributed by atoms with E-state index in [0.717, 1.165) is 22.5 Å². The third-order valence-corrected chi connectivity index (χ3v) is 5.81. The molecule has 2 aromatic rings. The minimum absolute atomic E-state index is 0.411. The average molecular weight is 289 g/mol. The fraction of sp³-hybridized carbons (Fsp3) is 0.200. The van der Waals surface area contributed by atoms with Crippen LogP contribution in [0.2, 0.25) is 0 Å². The smallest absolute Gasteiger partial charge is 0.342 e. The number of benzene rings is 2. The Morgan fingerprint density at radius 1 is 0.900 bits per heavy atom. The van der Waals surface area contributed by atoms with Gasteiger partial charge < -0.3 is 14.4 Å².